The average molecular weight is 259 g/mol. The predicted octanol–water partition coefficient (Wildman–Crippen LogP) is 3.85. The van der Waals surface area contributed by atoms with E-state index in [9.17, 15) is 9.90 Å². The van der Waals surface area contributed by atoms with E-state index in [-0.39, 0.29) is 27.5 Å². The average Bonchev–Trinajstić information content (AvgIpc) is 2.53. The second-order valence-electron chi connectivity index (χ2n) is 4.11. The molecule has 1 aromatic rings. The molecule has 2 nitrogen and oxygen atoms in total. The minimum Gasteiger partial charge on any atom is -0.506 e. The summed E-state index contributed by atoms with van der Waals surface area (Å²) in [6.45, 7) is 2.04. The lowest BCUT2D eigenvalue weighted by Crippen LogP contribution is -2.08. The summed E-state index contributed by atoms with van der Waals surface area (Å²) in [5, 5.41) is 9.81. The summed E-state index contributed by atoms with van der Waals surface area (Å²) in [5.41, 5.74) is 1.32. The molecule has 0 aromatic heterocycles. The largest absolute Gasteiger partial charge is 0.506 e. The lowest BCUT2D eigenvalue weighted by molar-refractivity contribution is 0.0930. The molecule has 0 saturated carbocycles. The second kappa shape index (κ2) is 4.27. The van der Waals surface area contributed by atoms with Crippen molar-refractivity contribution in [3.63, 3.8) is 0 Å². The van der Waals surface area contributed by atoms with Crippen molar-refractivity contribution >= 4 is 29.0 Å². The SMILES string of the molecule is CCCC1Cc2cc(O)c(Cl)c(Cl)c2C1=O. The first kappa shape index (κ1) is 11.7. The monoisotopic (exact) mass is 258 g/mol. The Morgan fingerprint density at radius 2 is 2.12 bits per heavy atom. The molecule has 4 heteroatoms. The molecule has 1 atom stereocenters. The highest BCUT2D eigenvalue weighted by molar-refractivity contribution is 6.45. The molecular weight excluding hydrogens is 247 g/mol. The molecule has 86 valence electrons. The number of fused-ring (bicyclic) bond motifs is 1. The number of phenolic OH excluding ortho intramolecular Hbond substituents is 1. The molecule has 1 aliphatic carbocycles. The first-order chi connectivity index (χ1) is 7.56. The number of ketones is 1. The first-order valence-electron chi connectivity index (χ1n) is 5.30. The van der Waals surface area contributed by atoms with Gasteiger partial charge >= 0.3 is 0 Å². The number of hydrogen-bond acceptors (Lipinski definition) is 2. The molecule has 0 aliphatic heterocycles. The summed E-state index contributed by atoms with van der Waals surface area (Å²) in [7, 11) is 0. The topological polar surface area (TPSA) is 37.3 Å². The van der Waals surface area contributed by atoms with Gasteiger partial charge in [0, 0.05) is 11.5 Å². The smallest absolute Gasteiger partial charge is 0.168 e. The fraction of sp³-hybridized carbons (Fsp3) is 0.417. The van der Waals surface area contributed by atoms with Crippen molar-refractivity contribution in [2.75, 3.05) is 0 Å². The van der Waals surface area contributed by atoms with Crippen LogP contribution in [0, 0.1) is 5.92 Å². The van der Waals surface area contributed by atoms with E-state index in [0.29, 0.717) is 12.0 Å². The fourth-order valence-electron chi connectivity index (χ4n) is 2.24. The Hall–Kier alpha value is -0.730. The molecule has 16 heavy (non-hydrogen) atoms. The number of Topliss-reactive ketones (excluding diaryl/α,β-unsaturated/α-hetero) is 1. The molecule has 0 heterocycles. The van der Waals surface area contributed by atoms with Gasteiger partial charge in [0.05, 0.1) is 5.02 Å². The summed E-state index contributed by atoms with van der Waals surface area (Å²) < 4.78 is 0. The highest BCUT2D eigenvalue weighted by Crippen LogP contribution is 2.42. The van der Waals surface area contributed by atoms with E-state index >= 15 is 0 Å². The van der Waals surface area contributed by atoms with E-state index in [1.165, 1.54) is 0 Å². The second-order valence-corrected chi connectivity index (χ2v) is 4.87. The molecule has 0 spiro atoms. The minimum absolute atomic E-state index is 0.00429. The van der Waals surface area contributed by atoms with E-state index in [2.05, 4.69) is 0 Å². The van der Waals surface area contributed by atoms with Crippen molar-refractivity contribution in [2.45, 2.75) is 26.2 Å². The number of halogens is 2. The van der Waals surface area contributed by atoms with Crippen molar-refractivity contribution < 1.29 is 9.90 Å². The van der Waals surface area contributed by atoms with Crippen LogP contribution in [-0.2, 0) is 6.42 Å². The van der Waals surface area contributed by atoms with Crippen molar-refractivity contribution in [2.24, 2.45) is 5.92 Å². The van der Waals surface area contributed by atoms with Gasteiger partial charge in [-0.05, 0) is 24.5 Å². The van der Waals surface area contributed by atoms with Crippen LogP contribution in [-0.4, -0.2) is 10.9 Å². The number of aromatic hydroxyl groups is 1. The number of carbonyl (C=O) groups excluding carboxylic acids is 1. The molecule has 1 aliphatic rings. The Morgan fingerprint density at radius 3 is 2.75 bits per heavy atom. The lowest BCUT2D eigenvalue weighted by Gasteiger charge is -2.05. The van der Waals surface area contributed by atoms with Crippen LogP contribution in [0.25, 0.3) is 0 Å². The van der Waals surface area contributed by atoms with Gasteiger partial charge in [0.25, 0.3) is 0 Å². The third-order valence-corrected chi connectivity index (χ3v) is 3.85. The van der Waals surface area contributed by atoms with E-state index in [0.717, 1.165) is 18.4 Å². The number of rotatable bonds is 2. The Kier molecular flexibility index (Phi) is 3.13. The molecule has 0 amide bonds. The van der Waals surface area contributed by atoms with Crippen LogP contribution >= 0.6 is 23.2 Å². The standard InChI is InChI=1S/C12H12Cl2O2/c1-2-3-6-4-7-5-8(15)10(13)11(14)9(7)12(6)16/h5-6,15H,2-4H2,1H3. The number of carbonyl (C=O) groups is 1. The first-order valence-corrected chi connectivity index (χ1v) is 6.05. The van der Waals surface area contributed by atoms with Gasteiger partial charge in [-0.3, -0.25) is 4.79 Å². The molecule has 0 fully saturated rings. The van der Waals surface area contributed by atoms with Crippen molar-refractivity contribution in [3.05, 3.63) is 27.2 Å². The van der Waals surface area contributed by atoms with Gasteiger partial charge in [-0.1, -0.05) is 36.5 Å². The Balaban J connectivity index is 2.48. The van der Waals surface area contributed by atoms with Crippen molar-refractivity contribution in [1.29, 1.82) is 0 Å². The van der Waals surface area contributed by atoms with E-state index in [1.54, 1.807) is 6.07 Å². The highest BCUT2D eigenvalue weighted by atomic mass is 35.5. The van der Waals surface area contributed by atoms with Gasteiger partial charge in [-0.2, -0.15) is 0 Å². The van der Waals surface area contributed by atoms with Crippen molar-refractivity contribution in [1.82, 2.24) is 0 Å². The summed E-state index contributed by atoms with van der Waals surface area (Å²) in [6.07, 6.45) is 2.47. The maximum Gasteiger partial charge on any atom is 0.168 e. The molecular formula is C12H12Cl2O2. The fourth-order valence-corrected chi connectivity index (χ4v) is 2.70. The Labute approximate surface area is 104 Å². The van der Waals surface area contributed by atoms with Gasteiger partial charge < -0.3 is 5.11 Å². The Bertz CT molecular complexity index is 455. The molecule has 2 rings (SSSR count). The van der Waals surface area contributed by atoms with Crippen LogP contribution in [0.1, 0.15) is 35.7 Å². The normalized spacial score (nSPS) is 18.9. The van der Waals surface area contributed by atoms with Gasteiger partial charge in [0.1, 0.15) is 10.8 Å². The van der Waals surface area contributed by atoms with E-state index in [1.807, 2.05) is 6.92 Å². The third kappa shape index (κ3) is 1.70. The summed E-state index contributed by atoms with van der Waals surface area (Å²) in [5.74, 6) is 0.00878. The summed E-state index contributed by atoms with van der Waals surface area (Å²) in [4.78, 5) is 12.0. The van der Waals surface area contributed by atoms with Gasteiger partial charge in [0.2, 0.25) is 0 Å². The quantitative estimate of drug-likeness (QED) is 0.875. The van der Waals surface area contributed by atoms with Crippen LogP contribution in [0.4, 0.5) is 0 Å². The van der Waals surface area contributed by atoms with E-state index in [4.69, 9.17) is 23.2 Å². The molecule has 0 bridgehead atoms. The van der Waals surface area contributed by atoms with Crippen LogP contribution in [0.3, 0.4) is 0 Å². The van der Waals surface area contributed by atoms with E-state index < -0.39 is 0 Å². The zero-order valence-corrected chi connectivity index (χ0v) is 10.4. The summed E-state index contributed by atoms with van der Waals surface area (Å²) >= 11 is 11.8. The lowest BCUT2D eigenvalue weighted by atomic mass is 10.00. The highest BCUT2D eigenvalue weighted by Gasteiger charge is 2.33. The van der Waals surface area contributed by atoms with Crippen LogP contribution < -0.4 is 0 Å². The van der Waals surface area contributed by atoms with Crippen LogP contribution in [0.5, 0.6) is 5.75 Å². The van der Waals surface area contributed by atoms with Crippen LogP contribution in [0.15, 0.2) is 6.07 Å². The van der Waals surface area contributed by atoms with Gasteiger partial charge in [-0.25, -0.2) is 0 Å². The zero-order valence-electron chi connectivity index (χ0n) is 8.89. The molecule has 1 unspecified atom stereocenters. The molecule has 1 aromatic carbocycles. The summed E-state index contributed by atoms with van der Waals surface area (Å²) in [6, 6.07) is 1.55. The van der Waals surface area contributed by atoms with Crippen molar-refractivity contribution in [3.8, 4) is 5.75 Å². The number of benzene rings is 1. The van der Waals surface area contributed by atoms with Gasteiger partial charge in [0.15, 0.2) is 5.78 Å². The minimum atomic E-state index is -0.0460. The molecule has 1 N–H and O–H groups in total. The molecule has 0 saturated heterocycles. The number of phenols is 1. The predicted molar refractivity (Wildman–Crippen MR) is 64.6 cm³/mol. The zero-order chi connectivity index (χ0) is 11.9. The maximum absolute atomic E-state index is 12.0. The maximum atomic E-state index is 12.0. The number of hydrogen-bond donors (Lipinski definition) is 1. The van der Waals surface area contributed by atoms with Crippen LogP contribution in [0.2, 0.25) is 10.0 Å². The third-order valence-electron chi connectivity index (χ3n) is 2.99. The van der Waals surface area contributed by atoms with Gasteiger partial charge in [-0.15, -0.1) is 0 Å². The Morgan fingerprint density at radius 1 is 1.44 bits per heavy atom. The molecule has 0 radical (unpaired) electrons.